The number of rotatable bonds is 4. The van der Waals surface area contributed by atoms with Crippen molar-refractivity contribution in [2.75, 3.05) is 18.0 Å². The molecule has 2 N–H and O–H groups in total. The molecule has 4 aromatic rings. The molecule has 1 atom stereocenters. The molecule has 1 saturated heterocycles. The summed E-state index contributed by atoms with van der Waals surface area (Å²) in [5.41, 5.74) is 8.60. The number of nitrogens with two attached hydrogens (primary N) is 1. The van der Waals surface area contributed by atoms with Crippen LogP contribution in [0, 0.1) is 23.2 Å². The molecule has 0 unspecified atom stereocenters. The fourth-order valence-electron chi connectivity index (χ4n) is 4.44. The van der Waals surface area contributed by atoms with E-state index in [1.807, 2.05) is 27.3 Å². The van der Waals surface area contributed by atoms with Gasteiger partial charge in [-0.05, 0) is 37.5 Å². The molecule has 1 aliphatic rings. The van der Waals surface area contributed by atoms with Crippen molar-refractivity contribution in [1.82, 2.24) is 23.5 Å². The third-order valence-electron chi connectivity index (χ3n) is 6.05. The zero-order chi connectivity index (χ0) is 22.9. The number of nitrogens with zero attached hydrogens (tertiary/aromatic N) is 7. The number of piperidine rings is 1. The minimum Gasteiger partial charge on any atom is -0.341 e. The summed E-state index contributed by atoms with van der Waals surface area (Å²) in [5, 5.41) is 9.07. The van der Waals surface area contributed by atoms with Crippen molar-refractivity contribution in [3.8, 4) is 17.9 Å². The smallest absolute Gasteiger partial charge is 0.281 e. The number of benzene rings is 1. The first-order valence-electron chi connectivity index (χ1n) is 11.0. The first kappa shape index (κ1) is 20.8. The molecular weight excluding hydrogens is 416 g/mol. The second-order valence-corrected chi connectivity index (χ2v) is 8.24. The molecule has 0 radical (unpaired) electrons. The number of nitriles is 1. The number of imidazole rings is 2. The number of anilines is 1. The summed E-state index contributed by atoms with van der Waals surface area (Å²) in [6.45, 7) is 4.00. The molecule has 0 amide bonds. The Morgan fingerprint density at radius 2 is 2.06 bits per heavy atom. The summed E-state index contributed by atoms with van der Waals surface area (Å²) in [4.78, 5) is 25.3. The Hall–Kier alpha value is -4.08. The Kier molecular flexibility index (Phi) is 5.33. The van der Waals surface area contributed by atoms with Crippen LogP contribution in [0.15, 0.2) is 41.5 Å². The molecule has 0 saturated carbocycles. The first-order valence-corrected chi connectivity index (χ1v) is 11.0. The van der Waals surface area contributed by atoms with Gasteiger partial charge in [0.15, 0.2) is 11.2 Å². The molecule has 0 spiro atoms. The van der Waals surface area contributed by atoms with Crippen LogP contribution in [0.3, 0.4) is 0 Å². The van der Waals surface area contributed by atoms with E-state index in [1.54, 1.807) is 29.8 Å². The number of aromatic nitrogens is 5. The highest BCUT2D eigenvalue weighted by atomic mass is 16.1. The summed E-state index contributed by atoms with van der Waals surface area (Å²) in [5.74, 6) is 7.26. The van der Waals surface area contributed by atoms with Gasteiger partial charge in [0.2, 0.25) is 11.7 Å². The fraction of sp³-hybridized carbons (Fsp3) is 0.333. The Morgan fingerprint density at radius 3 is 2.79 bits per heavy atom. The van der Waals surface area contributed by atoms with E-state index in [1.165, 1.54) is 0 Å². The van der Waals surface area contributed by atoms with Gasteiger partial charge in [-0.25, -0.2) is 4.98 Å². The van der Waals surface area contributed by atoms with E-state index >= 15 is 0 Å². The summed E-state index contributed by atoms with van der Waals surface area (Å²) >= 11 is 0. The van der Waals surface area contributed by atoms with Crippen LogP contribution in [0.1, 0.15) is 30.9 Å². The van der Waals surface area contributed by atoms with Gasteiger partial charge in [-0.1, -0.05) is 18.1 Å². The van der Waals surface area contributed by atoms with Crippen molar-refractivity contribution in [2.24, 2.45) is 5.73 Å². The second-order valence-electron chi connectivity index (χ2n) is 8.24. The Labute approximate surface area is 190 Å². The van der Waals surface area contributed by atoms with Gasteiger partial charge in [-0.15, -0.1) is 5.92 Å². The monoisotopic (exact) mass is 440 g/mol. The Balaban J connectivity index is 1.72. The van der Waals surface area contributed by atoms with Crippen molar-refractivity contribution >= 4 is 22.9 Å². The predicted molar refractivity (Wildman–Crippen MR) is 126 cm³/mol. The molecule has 4 heterocycles. The molecule has 1 fully saturated rings. The largest absolute Gasteiger partial charge is 0.341 e. The average Bonchev–Trinajstić information content (AvgIpc) is 3.46. The minimum absolute atomic E-state index is 0.0746. The molecule has 5 rings (SSSR count). The van der Waals surface area contributed by atoms with Crippen molar-refractivity contribution in [3.05, 3.63) is 58.1 Å². The van der Waals surface area contributed by atoms with Crippen LogP contribution in [-0.4, -0.2) is 42.6 Å². The van der Waals surface area contributed by atoms with Crippen LogP contribution in [0.25, 0.3) is 16.9 Å². The third kappa shape index (κ3) is 3.63. The van der Waals surface area contributed by atoms with E-state index in [9.17, 15) is 4.79 Å². The molecule has 9 heteroatoms. The molecule has 166 valence electrons. The van der Waals surface area contributed by atoms with Crippen LogP contribution in [0.5, 0.6) is 0 Å². The van der Waals surface area contributed by atoms with Gasteiger partial charge in [0.25, 0.3) is 5.56 Å². The average molecular weight is 441 g/mol. The van der Waals surface area contributed by atoms with E-state index in [4.69, 9.17) is 16.0 Å². The predicted octanol–water partition coefficient (Wildman–Crippen LogP) is 1.72. The van der Waals surface area contributed by atoms with Gasteiger partial charge in [-0.3, -0.25) is 18.3 Å². The van der Waals surface area contributed by atoms with Gasteiger partial charge < -0.3 is 10.6 Å². The van der Waals surface area contributed by atoms with E-state index < -0.39 is 0 Å². The lowest BCUT2D eigenvalue weighted by atomic mass is 10.1. The van der Waals surface area contributed by atoms with Crippen LogP contribution >= 0.6 is 0 Å². The SMILES string of the molecule is CC#CCn1c(N2CCC[C@@H](N)C2)nc2c1c(=O)n(Cc1ccc(C#N)cc1)c1nccn21. The first-order chi connectivity index (χ1) is 16.1. The highest BCUT2D eigenvalue weighted by molar-refractivity contribution is 5.77. The normalized spacial score (nSPS) is 16.0. The summed E-state index contributed by atoms with van der Waals surface area (Å²) in [7, 11) is 0. The van der Waals surface area contributed by atoms with Crippen molar-refractivity contribution in [1.29, 1.82) is 5.26 Å². The lowest BCUT2D eigenvalue weighted by Crippen LogP contribution is -2.44. The summed E-state index contributed by atoms with van der Waals surface area (Å²) in [6, 6.07) is 9.41. The highest BCUT2D eigenvalue weighted by Crippen LogP contribution is 2.24. The molecule has 9 nitrogen and oxygen atoms in total. The quantitative estimate of drug-likeness (QED) is 0.484. The van der Waals surface area contributed by atoms with E-state index in [0.717, 1.165) is 24.9 Å². The molecule has 3 aromatic heterocycles. The van der Waals surface area contributed by atoms with Crippen LogP contribution < -0.4 is 16.2 Å². The summed E-state index contributed by atoms with van der Waals surface area (Å²) < 4.78 is 5.40. The van der Waals surface area contributed by atoms with E-state index in [0.29, 0.717) is 48.1 Å². The fourth-order valence-corrected chi connectivity index (χ4v) is 4.44. The highest BCUT2D eigenvalue weighted by Gasteiger charge is 2.26. The number of hydrogen-bond acceptors (Lipinski definition) is 6. The minimum atomic E-state index is -0.175. The third-order valence-corrected chi connectivity index (χ3v) is 6.05. The van der Waals surface area contributed by atoms with Gasteiger partial charge in [-0.2, -0.15) is 10.2 Å². The molecule has 1 aromatic carbocycles. The lowest BCUT2D eigenvalue weighted by Gasteiger charge is -2.31. The topological polar surface area (TPSA) is 110 Å². The van der Waals surface area contributed by atoms with Crippen LogP contribution in [0.2, 0.25) is 0 Å². The maximum Gasteiger partial charge on any atom is 0.281 e. The summed E-state index contributed by atoms with van der Waals surface area (Å²) in [6.07, 6.45) is 5.45. The maximum atomic E-state index is 13.8. The van der Waals surface area contributed by atoms with E-state index in [-0.39, 0.29) is 11.6 Å². The second kappa shape index (κ2) is 8.45. The maximum absolute atomic E-state index is 13.8. The Morgan fingerprint density at radius 1 is 1.24 bits per heavy atom. The van der Waals surface area contributed by atoms with Gasteiger partial charge in [0.1, 0.15) is 0 Å². The van der Waals surface area contributed by atoms with Gasteiger partial charge in [0, 0.05) is 31.5 Å². The number of hydrogen-bond donors (Lipinski definition) is 1. The van der Waals surface area contributed by atoms with Gasteiger partial charge in [0.05, 0.1) is 24.7 Å². The number of fused-ring (bicyclic) bond motifs is 3. The van der Waals surface area contributed by atoms with E-state index in [2.05, 4.69) is 27.8 Å². The molecule has 0 aliphatic carbocycles. The lowest BCUT2D eigenvalue weighted by molar-refractivity contribution is 0.496. The zero-order valence-corrected chi connectivity index (χ0v) is 18.4. The molecule has 1 aliphatic heterocycles. The van der Waals surface area contributed by atoms with Crippen molar-refractivity contribution in [3.63, 3.8) is 0 Å². The Bertz CT molecular complexity index is 1490. The van der Waals surface area contributed by atoms with Crippen LogP contribution in [0.4, 0.5) is 5.95 Å². The van der Waals surface area contributed by atoms with Crippen LogP contribution in [-0.2, 0) is 13.1 Å². The molecule has 0 bridgehead atoms. The van der Waals surface area contributed by atoms with Crippen molar-refractivity contribution < 1.29 is 0 Å². The molecular formula is C24H24N8O. The van der Waals surface area contributed by atoms with Gasteiger partial charge >= 0.3 is 0 Å². The molecule has 33 heavy (non-hydrogen) atoms. The zero-order valence-electron chi connectivity index (χ0n) is 18.4. The van der Waals surface area contributed by atoms with Crippen molar-refractivity contribution in [2.45, 2.75) is 38.9 Å². The standard InChI is InChI=1S/C24H24N8O/c1-2-3-12-30-20-21(28-24(30)29-11-4-5-19(26)16-29)31-13-10-27-23(31)32(22(20)33)15-18-8-6-17(14-25)7-9-18/h6-10,13,19H,4-5,11-12,15-16,26H2,1H3/t19-/m1/s1.